The highest BCUT2D eigenvalue weighted by atomic mass is 16.1. The molecular formula is C19H27NO. The van der Waals surface area contributed by atoms with Gasteiger partial charge in [-0.15, -0.1) is 0 Å². The maximum Gasteiger partial charge on any atom is 0.160 e. The lowest BCUT2D eigenvalue weighted by Gasteiger charge is -2.28. The van der Waals surface area contributed by atoms with E-state index in [2.05, 4.69) is 51.7 Å². The number of hydrogen-bond donors (Lipinski definition) is 1. The lowest BCUT2D eigenvalue weighted by atomic mass is 9.87. The molecule has 2 heteroatoms. The number of fused-ring (bicyclic) bond motifs is 1. The fourth-order valence-electron chi connectivity index (χ4n) is 3.05. The summed E-state index contributed by atoms with van der Waals surface area (Å²) in [5.41, 5.74) is 6.10. The topological polar surface area (TPSA) is 29.1 Å². The average molecular weight is 285 g/mol. The molecule has 1 aliphatic rings. The van der Waals surface area contributed by atoms with E-state index in [1.54, 1.807) is 0 Å². The summed E-state index contributed by atoms with van der Waals surface area (Å²) in [7, 11) is 0. The van der Waals surface area contributed by atoms with Crippen LogP contribution in [-0.4, -0.2) is 12.3 Å². The van der Waals surface area contributed by atoms with Crippen LogP contribution in [0.15, 0.2) is 24.3 Å². The number of nitrogens with one attached hydrogen (secondary N) is 1. The first-order valence-corrected chi connectivity index (χ1v) is 7.93. The van der Waals surface area contributed by atoms with Gasteiger partial charge in [0.1, 0.15) is 0 Å². The van der Waals surface area contributed by atoms with Gasteiger partial charge in [-0.2, -0.15) is 0 Å². The van der Waals surface area contributed by atoms with Crippen molar-refractivity contribution in [2.75, 3.05) is 6.54 Å². The van der Waals surface area contributed by atoms with E-state index in [4.69, 9.17) is 0 Å². The molecule has 1 aliphatic heterocycles. The predicted octanol–water partition coefficient (Wildman–Crippen LogP) is 4.05. The Kier molecular flexibility index (Phi) is 5.00. The summed E-state index contributed by atoms with van der Waals surface area (Å²) in [5, 5.41) is 3.50. The minimum atomic E-state index is 0.143. The highest BCUT2D eigenvalue weighted by molar-refractivity contribution is 5.95. The summed E-state index contributed by atoms with van der Waals surface area (Å²) in [5.74, 6) is 0.685. The molecule has 1 heterocycles. The molecule has 0 aliphatic carbocycles. The minimum Gasteiger partial charge on any atom is -0.309 e. The first kappa shape index (κ1) is 16.0. The number of aryl methyl sites for hydroxylation is 2. The van der Waals surface area contributed by atoms with Gasteiger partial charge in [-0.3, -0.25) is 4.79 Å². The predicted molar refractivity (Wildman–Crippen MR) is 88.6 cm³/mol. The van der Waals surface area contributed by atoms with Crippen LogP contribution in [0.3, 0.4) is 0 Å². The molecule has 1 aromatic rings. The number of rotatable bonds is 5. The standard InChI is InChI=1S/C19H27NO/c1-12(2)8-15(5)19(21)11-18-17-10-14(4)13(3)9-16(17)6-7-20-18/h9-10,12,18,20H,5-8,11H2,1-4H3/t18-/m0/s1. The van der Waals surface area contributed by atoms with Crippen LogP contribution >= 0.6 is 0 Å². The number of Topliss-reactive ketones (excluding diaryl/α,β-unsaturated/α-hetero) is 1. The second-order valence-corrected chi connectivity index (χ2v) is 6.72. The van der Waals surface area contributed by atoms with Gasteiger partial charge in [0, 0.05) is 12.5 Å². The SMILES string of the molecule is C=C(CC(C)C)C(=O)C[C@@H]1NCCc2cc(C)c(C)cc21. The van der Waals surface area contributed by atoms with Crippen LogP contribution in [0.25, 0.3) is 0 Å². The van der Waals surface area contributed by atoms with Crippen molar-refractivity contribution < 1.29 is 4.79 Å². The smallest absolute Gasteiger partial charge is 0.160 e. The number of benzene rings is 1. The van der Waals surface area contributed by atoms with Crippen LogP contribution in [0.4, 0.5) is 0 Å². The van der Waals surface area contributed by atoms with Crippen molar-refractivity contribution in [1.82, 2.24) is 5.32 Å². The maximum atomic E-state index is 12.4. The van der Waals surface area contributed by atoms with Crippen molar-refractivity contribution in [2.45, 2.75) is 53.0 Å². The highest BCUT2D eigenvalue weighted by Crippen LogP contribution is 2.29. The molecule has 0 saturated heterocycles. The molecule has 0 bridgehead atoms. The van der Waals surface area contributed by atoms with Gasteiger partial charge in [0.15, 0.2) is 5.78 Å². The first-order valence-electron chi connectivity index (χ1n) is 7.93. The van der Waals surface area contributed by atoms with Crippen LogP contribution in [0.1, 0.15) is 55.0 Å². The van der Waals surface area contributed by atoms with Gasteiger partial charge >= 0.3 is 0 Å². The zero-order valence-corrected chi connectivity index (χ0v) is 13.8. The fraction of sp³-hybridized carbons (Fsp3) is 0.526. The van der Waals surface area contributed by atoms with E-state index in [9.17, 15) is 4.79 Å². The first-order chi connectivity index (χ1) is 9.88. The second kappa shape index (κ2) is 6.57. The van der Waals surface area contributed by atoms with Gasteiger partial charge in [0.25, 0.3) is 0 Å². The van der Waals surface area contributed by atoms with E-state index in [0.717, 1.165) is 25.0 Å². The van der Waals surface area contributed by atoms with Crippen LogP contribution in [0.5, 0.6) is 0 Å². The zero-order chi connectivity index (χ0) is 15.6. The third-order valence-electron chi connectivity index (χ3n) is 4.35. The maximum absolute atomic E-state index is 12.4. The van der Waals surface area contributed by atoms with E-state index in [1.165, 1.54) is 22.3 Å². The molecule has 114 valence electrons. The monoisotopic (exact) mass is 285 g/mol. The summed E-state index contributed by atoms with van der Waals surface area (Å²) < 4.78 is 0. The Balaban J connectivity index is 2.15. The van der Waals surface area contributed by atoms with Gasteiger partial charge in [-0.05, 0) is 67.0 Å². The van der Waals surface area contributed by atoms with Crippen molar-refractivity contribution in [1.29, 1.82) is 0 Å². The van der Waals surface area contributed by atoms with Crippen molar-refractivity contribution >= 4 is 5.78 Å². The normalized spacial score (nSPS) is 17.7. The van der Waals surface area contributed by atoms with Crippen molar-refractivity contribution in [3.8, 4) is 0 Å². The third kappa shape index (κ3) is 3.82. The molecule has 1 N–H and O–H groups in total. The number of hydrogen-bond acceptors (Lipinski definition) is 2. The van der Waals surface area contributed by atoms with Gasteiger partial charge in [0.2, 0.25) is 0 Å². The third-order valence-corrected chi connectivity index (χ3v) is 4.35. The molecule has 0 spiro atoms. The summed E-state index contributed by atoms with van der Waals surface area (Å²) in [4.78, 5) is 12.4. The molecule has 0 aromatic heterocycles. The van der Waals surface area contributed by atoms with E-state index >= 15 is 0 Å². The molecule has 21 heavy (non-hydrogen) atoms. The Bertz CT molecular complexity index is 557. The van der Waals surface area contributed by atoms with Crippen LogP contribution < -0.4 is 5.32 Å². The second-order valence-electron chi connectivity index (χ2n) is 6.72. The molecule has 0 unspecified atom stereocenters. The quantitative estimate of drug-likeness (QED) is 0.827. The number of ketones is 1. The van der Waals surface area contributed by atoms with E-state index in [-0.39, 0.29) is 11.8 Å². The van der Waals surface area contributed by atoms with E-state index in [1.807, 2.05) is 0 Å². The van der Waals surface area contributed by atoms with Crippen molar-refractivity contribution in [3.63, 3.8) is 0 Å². The number of carbonyl (C=O) groups excluding carboxylic acids is 1. The van der Waals surface area contributed by atoms with Crippen LogP contribution in [0, 0.1) is 19.8 Å². The summed E-state index contributed by atoms with van der Waals surface area (Å²) >= 11 is 0. The molecule has 1 atom stereocenters. The minimum absolute atomic E-state index is 0.143. The molecule has 0 fully saturated rings. The van der Waals surface area contributed by atoms with Gasteiger partial charge in [0.05, 0.1) is 0 Å². The average Bonchev–Trinajstić information content (AvgIpc) is 2.40. The van der Waals surface area contributed by atoms with E-state index < -0.39 is 0 Å². The van der Waals surface area contributed by atoms with Crippen molar-refractivity contribution in [2.24, 2.45) is 5.92 Å². The Morgan fingerprint density at radius 2 is 2.00 bits per heavy atom. The van der Waals surface area contributed by atoms with Crippen LogP contribution in [-0.2, 0) is 11.2 Å². The molecule has 2 nitrogen and oxygen atoms in total. The van der Waals surface area contributed by atoms with Gasteiger partial charge < -0.3 is 5.32 Å². The van der Waals surface area contributed by atoms with Crippen molar-refractivity contribution in [3.05, 3.63) is 46.5 Å². The Hall–Kier alpha value is -1.41. The van der Waals surface area contributed by atoms with Gasteiger partial charge in [-0.25, -0.2) is 0 Å². The number of allylic oxidation sites excluding steroid dienone is 1. The molecular weight excluding hydrogens is 258 g/mol. The summed E-state index contributed by atoms with van der Waals surface area (Å²) in [6.07, 6.45) is 2.38. The van der Waals surface area contributed by atoms with Crippen LogP contribution in [0.2, 0.25) is 0 Å². The molecule has 0 amide bonds. The molecule has 0 saturated carbocycles. The summed E-state index contributed by atoms with van der Waals surface area (Å²) in [6.45, 7) is 13.5. The molecule has 2 rings (SSSR count). The zero-order valence-electron chi connectivity index (χ0n) is 13.8. The largest absolute Gasteiger partial charge is 0.309 e. The Labute approximate surface area is 128 Å². The Morgan fingerprint density at radius 3 is 2.67 bits per heavy atom. The van der Waals surface area contributed by atoms with Gasteiger partial charge in [-0.1, -0.05) is 32.6 Å². The molecule has 0 radical (unpaired) electrons. The van der Waals surface area contributed by atoms with E-state index in [0.29, 0.717) is 12.3 Å². The lowest BCUT2D eigenvalue weighted by Crippen LogP contribution is -2.32. The molecule has 1 aromatic carbocycles. The Morgan fingerprint density at radius 1 is 1.33 bits per heavy atom. The fourth-order valence-corrected chi connectivity index (χ4v) is 3.05. The lowest BCUT2D eigenvalue weighted by molar-refractivity contribution is -0.116. The summed E-state index contributed by atoms with van der Waals surface area (Å²) in [6, 6.07) is 4.68. The number of carbonyl (C=O) groups is 1. The highest BCUT2D eigenvalue weighted by Gasteiger charge is 2.23.